The number of esters is 3. The van der Waals surface area contributed by atoms with Crippen LogP contribution in [0, 0.1) is 5.92 Å². The van der Waals surface area contributed by atoms with Gasteiger partial charge in [0.2, 0.25) is 6.29 Å². The van der Waals surface area contributed by atoms with Crippen LogP contribution in [-0.4, -0.2) is 189 Å². The summed E-state index contributed by atoms with van der Waals surface area (Å²) >= 11 is 0. The van der Waals surface area contributed by atoms with Crippen molar-refractivity contribution in [3.05, 3.63) is 11.6 Å². The minimum atomic E-state index is -1.89. The molecule has 2 bridgehead atoms. The van der Waals surface area contributed by atoms with E-state index in [1.54, 1.807) is 27.7 Å². The van der Waals surface area contributed by atoms with Crippen molar-refractivity contribution in [2.45, 2.75) is 274 Å². The highest BCUT2D eigenvalue weighted by atomic mass is 16.8. The van der Waals surface area contributed by atoms with Gasteiger partial charge in [0.05, 0.1) is 36.9 Å². The number of carbonyl (C=O) groups is 3. The third-order valence-electron chi connectivity index (χ3n) is 14.4. The van der Waals surface area contributed by atoms with Gasteiger partial charge in [-0.25, -0.2) is 4.79 Å². The van der Waals surface area contributed by atoms with Crippen molar-refractivity contribution in [2.24, 2.45) is 5.92 Å². The predicted molar refractivity (Wildman–Crippen MR) is 249 cm³/mol. The van der Waals surface area contributed by atoms with E-state index in [0.29, 0.717) is 32.1 Å². The Balaban J connectivity index is 1.55. The van der Waals surface area contributed by atoms with Crippen LogP contribution < -0.4 is 0 Å². The van der Waals surface area contributed by atoms with E-state index in [9.17, 15) is 50.1 Å². The van der Waals surface area contributed by atoms with Gasteiger partial charge in [-0.2, -0.15) is 0 Å². The molecule has 5 heterocycles. The SMILES string of the molecule is C/C=C(\C)C(=O)O[C@H]1[C@H](O)[C@@H](O)[C@H](O[C@@H]2[C@H]3OC(=O)CCCCCCCCC[C@H](CCCCC)O[C@@H]4O[C@H](C)[C@@H](O)[C@H](O)[C@H]4O[C@H]4[C@H](O[C@H](O[C@@H]2C)[C@@H]3OC(=O)C(C)CC)O[C@H](CO)[C@@H](O)[C@@H]4O)O[C@@H]1C. The van der Waals surface area contributed by atoms with Crippen LogP contribution in [0.3, 0.4) is 0 Å². The van der Waals surface area contributed by atoms with Crippen molar-refractivity contribution in [3.63, 3.8) is 0 Å². The molecule has 5 rings (SSSR count). The Hall–Kier alpha value is -2.45. The van der Waals surface area contributed by atoms with Crippen LogP contribution in [0.1, 0.15) is 145 Å². The molecule has 21 nitrogen and oxygen atoms in total. The van der Waals surface area contributed by atoms with Crippen molar-refractivity contribution < 1.29 is 102 Å². The van der Waals surface area contributed by atoms with Crippen LogP contribution in [0.4, 0.5) is 0 Å². The van der Waals surface area contributed by atoms with Crippen LogP contribution >= 0.6 is 0 Å². The van der Waals surface area contributed by atoms with E-state index < -0.39 is 153 Å². The number of fused-ring (bicyclic) bond motifs is 4. The van der Waals surface area contributed by atoms with Gasteiger partial charge in [-0.05, 0) is 60.3 Å². The van der Waals surface area contributed by atoms with E-state index in [4.69, 9.17) is 52.1 Å². The largest absolute Gasteiger partial charge is 0.455 e. The number of allylic oxidation sites excluding steroid dienone is 1. The molecule has 5 saturated heterocycles. The first kappa shape index (κ1) is 59.4. The normalized spacial score (nSPS) is 42.2. The molecule has 71 heavy (non-hydrogen) atoms. The molecular formula is C50H84O21. The zero-order valence-corrected chi connectivity index (χ0v) is 42.7. The zero-order valence-electron chi connectivity index (χ0n) is 42.7. The average molecular weight is 1020 g/mol. The molecule has 5 fully saturated rings. The first-order chi connectivity index (χ1) is 33.8. The predicted octanol–water partition coefficient (Wildman–Crippen LogP) is 2.50. The van der Waals surface area contributed by atoms with Gasteiger partial charge in [0.25, 0.3) is 0 Å². The molecule has 0 aromatic heterocycles. The van der Waals surface area contributed by atoms with Crippen molar-refractivity contribution >= 4 is 17.9 Å². The lowest BCUT2D eigenvalue weighted by Gasteiger charge is -2.50. The third-order valence-corrected chi connectivity index (χ3v) is 14.4. The quantitative estimate of drug-likeness (QED) is 0.0640. The first-order valence-corrected chi connectivity index (χ1v) is 26.0. The van der Waals surface area contributed by atoms with Crippen molar-refractivity contribution in [3.8, 4) is 0 Å². The molecule has 0 saturated carbocycles. The van der Waals surface area contributed by atoms with E-state index >= 15 is 0 Å². The Morgan fingerprint density at radius 2 is 1.28 bits per heavy atom. The van der Waals surface area contributed by atoms with Gasteiger partial charge in [-0.15, -0.1) is 0 Å². The summed E-state index contributed by atoms with van der Waals surface area (Å²) in [7, 11) is 0. The summed E-state index contributed by atoms with van der Waals surface area (Å²) in [4.78, 5) is 40.5. The highest BCUT2D eigenvalue weighted by molar-refractivity contribution is 5.87. The number of unbranched alkanes of at least 4 members (excludes halogenated alkanes) is 2. The lowest BCUT2D eigenvalue weighted by atomic mass is 9.95. The van der Waals surface area contributed by atoms with Crippen molar-refractivity contribution in [2.75, 3.05) is 6.61 Å². The molecule has 7 N–H and O–H groups in total. The minimum absolute atomic E-state index is 0.0366. The van der Waals surface area contributed by atoms with Gasteiger partial charge >= 0.3 is 17.9 Å². The Morgan fingerprint density at radius 3 is 1.93 bits per heavy atom. The fourth-order valence-corrected chi connectivity index (χ4v) is 9.43. The van der Waals surface area contributed by atoms with Gasteiger partial charge in [-0.3, -0.25) is 9.59 Å². The smallest absolute Gasteiger partial charge is 0.333 e. The summed E-state index contributed by atoms with van der Waals surface area (Å²) in [6, 6.07) is 0. The second-order valence-electron chi connectivity index (χ2n) is 19.9. The van der Waals surface area contributed by atoms with Crippen molar-refractivity contribution in [1.29, 1.82) is 0 Å². The Labute approximate surface area is 417 Å². The standard InChI is InChI=1S/C50H84O21/c1-9-12-18-21-30-22-19-16-14-13-15-17-20-23-32(52)66-43-40(70-47-38(58)37(57)39(28(7)62-47)68-45(59)25(4)10-2)29(8)63-50(44(43)69-46(60)26(5)11-3)71-49-42(36(56)34(54)31(24-51)65-49)67-41-35(55)33(53)27(6)61-48(41)64-30/h10,26-31,33-44,47-51,53-58H,9,11-24H2,1-8H3/b25-10+/t26?,27-,28-,29-,30+,31-,33-,34-,35+,36+,37-,38-,39-,40+,41-,42-,43-,44-,47+,48+,49+,50+/m1/s1. The van der Waals surface area contributed by atoms with Gasteiger partial charge in [-0.1, -0.05) is 84.6 Å². The molecule has 0 aromatic rings. The molecule has 410 valence electrons. The number of aliphatic hydroxyl groups excluding tert-OH is 7. The van der Waals surface area contributed by atoms with Gasteiger partial charge < -0.3 is 87.9 Å². The van der Waals surface area contributed by atoms with Crippen LogP contribution in [0.15, 0.2) is 11.6 Å². The van der Waals surface area contributed by atoms with E-state index in [1.165, 1.54) is 26.8 Å². The van der Waals surface area contributed by atoms with E-state index in [1.807, 2.05) is 0 Å². The van der Waals surface area contributed by atoms with E-state index in [0.717, 1.165) is 51.4 Å². The number of aliphatic hydroxyl groups is 7. The summed E-state index contributed by atoms with van der Waals surface area (Å²) in [6.07, 6.45) is -19.4. The highest BCUT2D eigenvalue weighted by Gasteiger charge is 2.57. The first-order valence-electron chi connectivity index (χ1n) is 26.0. The molecule has 5 aliphatic rings. The number of ether oxygens (including phenoxy) is 11. The number of hydrogen-bond acceptors (Lipinski definition) is 21. The van der Waals surface area contributed by atoms with Crippen LogP contribution in [0.2, 0.25) is 0 Å². The molecular weight excluding hydrogens is 937 g/mol. The maximum Gasteiger partial charge on any atom is 0.333 e. The molecule has 21 heteroatoms. The fourth-order valence-electron chi connectivity index (χ4n) is 9.43. The second-order valence-corrected chi connectivity index (χ2v) is 19.9. The fraction of sp³-hybridized carbons (Fsp3) is 0.900. The topological polar surface area (TPSA) is 294 Å². The Kier molecular flexibility index (Phi) is 23.8. The molecule has 5 aliphatic heterocycles. The lowest BCUT2D eigenvalue weighted by Crippen LogP contribution is -2.68. The summed E-state index contributed by atoms with van der Waals surface area (Å²) in [6.45, 7) is 12.4. The monoisotopic (exact) mass is 1020 g/mol. The van der Waals surface area contributed by atoms with E-state index in [2.05, 4.69) is 6.92 Å². The maximum absolute atomic E-state index is 13.9. The molecule has 0 radical (unpaired) electrons. The van der Waals surface area contributed by atoms with Gasteiger partial charge in [0.1, 0.15) is 61.0 Å². The number of hydrogen-bond donors (Lipinski definition) is 7. The maximum atomic E-state index is 13.9. The van der Waals surface area contributed by atoms with Gasteiger partial charge in [0, 0.05) is 12.0 Å². The Morgan fingerprint density at radius 1 is 0.662 bits per heavy atom. The molecule has 0 aliphatic carbocycles. The van der Waals surface area contributed by atoms with Crippen LogP contribution in [0.25, 0.3) is 0 Å². The second kappa shape index (κ2) is 28.4. The lowest BCUT2D eigenvalue weighted by molar-refractivity contribution is -0.402. The molecule has 0 aromatic carbocycles. The average Bonchev–Trinajstić information content (AvgIpc) is 3.34. The number of carbonyl (C=O) groups excluding carboxylic acids is 3. The van der Waals surface area contributed by atoms with Gasteiger partial charge in [0.15, 0.2) is 37.2 Å². The molecule has 1 unspecified atom stereocenters. The summed E-state index contributed by atoms with van der Waals surface area (Å²) < 4.78 is 68.3. The summed E-state index contributed by atoms with van der Waals surface area (Å²) in [5, 5.41) is 78.8. The van der Waals surface area contributed by atoms with E-state index in [-0.39, 0.29) is 18.1 Å². The minimum Gasteiger partial charge on any atom is -0.455 e. The zero-order chi connectivity index (χ0) is 52.1. The highest BCUT2D eigenvalue weighted by Crippen LogP contribution is 2.38. The van der Waals surface area contributed by atoms with Crippen molar-refractivity contribution in [1.82, 2.24) is 0 Å². The van der Waals surface area contributed by atoms with Crippen LogP contribution in [-0.2, 0) is 66.5 Å². The van der Waals surface area contributed by atoms with Crippen LogP contribution in [0.5, 0.6) is 0 Å². The number of rotatable bonds is 12. The Bertz CT molecular complexity index is 1670. The molecule has 0 spiro atoms. The molecule has 0 amide bonds. The summed E-state index contributed by atoms with van der Waals surface area (Å²) in [5.74, 6) is -2.89. The molecule has 22 atom stereocenters. The summed E-state index contributed by atoms with van der Waals surface area (Å²) in [5.41, 5.74) is 0.262. The third kappa shape index (κ3) is 15.6.